The molecule has 0 spiro atoms. The normalized spacial score (nSPS) is 17.3. The summed E-state index contributed by atoms with van der Waals surface area (Å²) in [6.07, 6.45) is 15.4. The zero-order chi connectivity index (χ0) is 66.2. The van der Waals surface area contributed by atoms with Gasteiger partial charge >= 0.3 is 0 Å². The number of hydrogen-bond donors (Lipinski definition) is 2. The van der Waals surface area contributed by atoms with E-state index in [-0.39, 0.29) is 22.1 Å². The summed E-state index contributed by atoms with van der Waals surface area (Å²) in [6, 6.07) is 34.2. The Kier molecular flexibility index (Phi) is 24.4. The molecule has 4 heterocycles. The van der Waals surface area contributed by atoms with E-state index in [2.05, 4.69) is 101 Å². The molecule has 3 aliphatic heterocycles. The molecular weight excluding hydrogens is 1220 g/mol. The number of amides is 1. The van der Waals surface area contributed by atoms with E-state index in [1.807, 2.05) is 90.1 Å². The van der Waals surface area contributed by atoms with E-state index >= 15 is 0 Å². The number of ether oxygens (including phenoxy) is 4. The van der Waals surface area contributed by atoms with Gasteiger partial charge in [-0.3, -0.25) is 18.8 Å². The molecule has 0 radical (unpaired) electrons. The number of nitrogens with zero attached hydrogens (tertiary/aromatic N) is 7. The van der Waals surface area contributed by atoms with Gasteiger partial charge in [-0.2, -0.15) is 13.0 Å². The number of unbranched alkanes of at least 4 members (excludes halogenated alkanes) is 3. The van der Waals surface area contributed by atoms with Crippen molar-refractivity contribution in [2.45, 2.75) is 114 Å². The number of likely N-dealkylation sites (N-methyl/N-ethyl adjacent to an activating group) is 1. The van der Waals surface area contributed by atoms with E-state index in [9.17, 15) is 30.7 Å². The van der Waals surface area contributed by atoms with Gasteiger partial charge in [0, 0.05) is 92.3 Å². The van der Waals surface area contributed by atoms with Crippen molar-refractivity contribution in [1.29, 1.82) is 0 Å². The Morgan fingerprint density at radius 2 is 1.34 bits per heavy atom. The van der Waals surface area contributed by atoms with Crippen LogP contribution in [0, 0.1) is 13.8 Å². The van der Waals surface area contributed by atoms with E-state index in [1.54, 1.807) is 12.1 Å². The van der Waals surface area contributed by atoms with Gasteiger partial charge in [-0.05, 0) is 145 Å². The third-order valence-electron chi connectivity index (χ3n) is 18.1. The van der Waals surface area contributed by atoms with Gasteiger partial charge < -0.3 is 38.6 Å². The van der Waals surface area contributed by atoms with Crippen LogP contribution in [-0.2, 0) is 50.1 Å². The molecule has 2 N–H and O–H groups in total. The fourth-order valence-corrected chi connectivity index (χ4v) is 14.0. The molecule has 1 saturated heterocycles. The van der Waals surface area contributed by atoms with Crippen LogP contribution in [0.15, 0.2) is 155 Å². The molecule has 0 aliphatic carbocycles. The second kappa shape index (κ2) is 32.3. The van der Waals surface area contributed by atoms with Crippen molar-refractivity contribution >= 4 is 43.2 Å². The third kappa shape index (κ3) is 17.6. The first kappa shape index (κ1) is 70.1. The Morgan fingerprint density at radius 3 is 2.04 bits per heavy atom. The number of carbonyl (C=O) groups is 1. The lowest BCUT2D eigenvalue weighted by molar-refractivity contribution is -0.433. The molecule has 1 aromatic heterocycles. The van der Waals surface area contributed by atoms with Gasteiger partial charge in [0.1, 0.15) is 28.2 Å². The summed E-state index contributed by atoms with van der Waals surface area (Å²) < 4.78 is 98.5. The van der Waals surface area contributed by atoms with E-state index in [1.165, 1.54) is 42.7 Å². The summed E-state index contributed by atoms with van der Waals surface area (Å²) in [5.74, 6) is 2.32. The quantitative estimate of drug-likeness (QED) is 0.0166. The average Bonchev–Trinajstić information content (AvgIpc) is 1.60. The number of piperazine rings is 1. The first-order chi connectivity index (χ1) is 44.7. The number of aromatic nitrogens is 3. The van der Waals surface area contributed by atoms with Crippen molar-refractivity contribution in [3.63, 3.8) is 0 Å². The van der Waals surface area contributed by atoms with Crippen molar-refractivity contribution in [3.8, 4) is 34.0 Å². The van der Waals surface area contributed by atoms with Gasteiger partial charge in [-0.15, -0.1) is 10.2 Å². The van der Waals surface area contributed by atoms with Crippen molar-refractivity contribution in [1.82, 2.24) is 29.9 Å². The predicted molar refractivity (Wildman–Crippen MR) is 364 cm³/mol. The maximum absolute atomic E-state index is 13.1. The van der Waals surface area contributed by atoms with E-state index in [0.29, 0.717) is 78.7 Å². The summed E-state index contributed by atoms with van der Waals surface area (Å²) in [4.78, 5) is 19.8. The number of aryl methyl sites for hydroxylation is 2. The average molecular weight is 1310 g/mol. The maximum Gasteiger partial charge on any atom is 0.294 e. The Bertz CT molecular complexity index is 3880. The van der Waals surface area contributed by atoms with E-state index in [4.69, 9.17) is 18.9 Å². The molecule has 498 valence electrons. The summed E-state index contributed by atoms with van der Waals surface area (Å²) in [5.41, 5.74) is 9.15. The second-order valence-corrected chi connectivity index (χ2v) is 27.5. The molecule has 19 nitrogen and oxygen atoms in total. The smallest absolute Gasteiger partial charge is 0.294 e. The number of allylic oxidation sites excluding steroid dienone is 6. The Morgan fingerprint density at radius 1 is 0.688 bits per heavy atom. The SMILES string of the molecule is CCN1\C(=C/C=C/C=C/C2=[N+](CC)c3ccc(S(=O)(=O)[O-])cc3C2(C)C)C(C)(CCCC(=O)NCCOCCOCCOCCN2CCN(CCCCCCOc3cccc(C)c3-n3c(C)nnc3-c3ccc(-c4ccccc4)cc3)CC2)c2cc(S(=O)(=O)O)ccc21. The molecule has 6 aromatic rings. The summed E-state index contributed by atoms with van der Waals surface area (Å²) in [6.45, 7) is 25.3. The first-order valence-corrected chi connectivity index (χ1v) is 35.5. The molecule has 1 amide bonds. The number of para-hydroxylation sites is 1. The van der Waals surface area contributed by atoms with Crippen LogP contribution in [0.4, 0.5) is 11.4 Å². The van der Waals surface area contributed by atoms with Crippen LogP contribution in [0.3, 0.4) is 0 Å². The van der Waals surface area contributed by atoms with E-state index in [0.717, 1.165) is 126 Å². The lowest BCUT2D eigenvalue weighted by Crippen LogP contribution is -2.47. The minimum atomic E-state index is -4.63. The van der Waals surface area contributed by atoms with Crippen molar-refractivity contribution in [2.75, 3.05) is 110 Å². The van der Waals surface area contributed by atoms with Crippen LogP contribution in [0.5, 0.6) is 5.75 Å². The standard InChI is InChI=1S/C72H92N8O11S2/c1-8-78-63-35-33-59(92(82,83)84)52-61(63)71(5,6)66(78)26-16-13-17-27-67-72(7,62-53-60(93(85,86)87)34-36-64(62)79(67)9-2)37-21-28-68(81)73-38-46-88-48-50-90-51-49-89-47-44-77-42-40-76(41-43-77)39-18-10-11-19-45-91-65-25-20-22-54(3)69(65)80-55(4)74-75-70(80)58-31-29-57(30-32-58)56-23-14-12-15-24-56/h12-17,20,22-27,29-36,52-53H,8-11,18-19,21,28,37-51H2,1-7H3,(H2-,73,81,82,83,84,85,86,87). The molecule has 93 heavy (non-hydrogen) atoms. The number of anilines is 1. The Labute approximate surface area is 550 Å². The van der Waals surface area contributed by atoms with Gasteiger partial charge in [0.2, 0.25) is 11.6 Å². The van der Waals surface area contributed by atoms with Gasteiger partial charge in [0.15, 0.2) is 11.5 Å². The number of benzene rings is 5. The highest BCUT2D eigenvalue weighted by Gasteiger charge is 2.45. The second-order valence-electron chi connectivity index (χ2n) is 24.7. The lowest BCUT2D eigenvalue weighted by Gasteiger charge is -2.34. The summed E-state index contributed by atoms with van der Waals surface area (Å²) >= 11 is 0. The van der Waals surface area contributed by atoms with Gasteiger partial charge in [-0.1, -0.05) is 97.8 Å². The fraction of sp³-hybridized carbons (Fsp3) is 0.444. The van der Waals surface area contributed by atoms with Crippen LogP contribution < -0.4 is 15.0 Å². The number of fused-ring (bicyclic) bond motifs is 2. The molecule has 21 heteroatoms. The Balaban J connectivity index is 0.615. The summed E-state index contributed by atoms with van der Waals surface area (Å²) in [7, 11) is -9.11. The monoisotopic (exact) mass is 1310 g/mol. The van der Waals surface area contributed by atoms with Crippen LogP contribution >= 0.6 is 0 Å². The lowest BCUT2D eigenvalue weighted by atomic mass is 9.77. The van der Waals surface area contributed by atoms with E-state index < -0.39 is 31.1 Å². The zero-order valence-corrected chi connectivity index (χ0v) is 56.7. The molecular formula is C72H92N8O11S2. The number of nitrogens with one attached hydrogen (secondary N) is 1. The molecule has 0 bridgehead atoms. The van der Waals surface area contributed by atoms with Crippen molar-refractivity contribution < 1.29 is 54.3 Å². The minimum absolute atomic E-state index is 0.123. The Hall–Kier alpha value is -7.18. The third-order valence-corrected chi connectivity index (χ3v) is 19.7. The van der Waals surface area contributed by atoms with Crippen molar-refractivity contribution in [3.05, 3.63) is 168 Å². The molecule has 1 unspecified atom stereocenters. The van der Waals surface area contributed by atoms with Crippen LogP contribution in [0.2, 0.25) is 0 Å². The number of rotatable bonds is 34. The van der Waals surface area contributed by atoms with Crippen LogP contribution in [0.1, 0.15) is 102 Å². The fourth-order valence-electron chi connectivity index (χ4n) is 13.0. The predicted octanol–water partition coefficient (Wildman–Crippen LogP) is 11.2. The molecule has 1 atom stereocenters. The molecule has 9 rings (SSSR count). The van der Waals surface area contributed by atoms with Gasteiger partial charge in [-0.25, -0.2) is 8.42 Å². The maximum atomic E-state index is 13.1. The van der Waals surface area contributed by atoms with Gasteiger partial charge in [0.25, 0.3) is 10.1 Å². The van der Waals surface area contributed by atoms with Crippen molar-refractivity contribution in [2.24, 2.45) is 0 Å². The van der Waals surface area contributed by atoms with Crippen LogP contribution in [-0.4, -0.2) is 172 Å². The van der Waals surface area contributed by atoms with Gasteiger partial charge in [0.05, 0.1) is 67.1 Å². The highest BCUT2D eigenvalue weighted by Crippen LogP contribution is 2.51. The summed E-state index contributed by atoms with van der Waals surface area (Å²) in [5, 5.41) is 12.0. The highest BCUT2D eigenvalue weighted by atomic mass is 32.2. The number of hydrogen-bond acceptors (Lipinski definition) is 15. The molecule has 3 aliphatic rings. The topological polar surface area (TPSA) is 221 Å². The molecule has 5 aromatic carbocycles. The zero-order valence-electron chi connectivity index (χ0n) is 55.0. The minimum Gasteiger partial charge on any atom is -0.744 e. The molecule has 0 saturated carbocycles. The first-order valence-electron chi connectivity index (χ1n) is 32.7. The van der Waals surface area contributed by atoms with Crippen LogP contribution in [0.25, 0.3) is 28.2 Å². The molecule has 1 fully saturated rings. The largest absolute Gasteiger partial charge is 0.744 e. The highest BCUT2D eigenvalue weighted by molar-refractivity contribution is 7.86. The number of carbonyl (C=O) groups excluding carboxylic acids is 1.